The molecule has 1 nitrogen and oxygen atoms in total. The molecule has 0 heterocycles. The molecule has 0 radical (unpaired) electrons. The van der Waals surface area contributed by atoms with Gasteiger partial charge in [0.2, 0.25) is 0 Å². The maximum absolute atomic E-state index is 5.81. The Bertz CT molecular complexity index is 164. The van der Waals surface area contributed by atoms with Crippen LogP contribution in [-0.2, 0) is 4.74 Å². The summed E-state index contributed by atoms with van der Waals surface area (Å²) in [4.78, 5) is 0.160. The molecule has 14 heavy (non-hydrogen) atoms. The minimum absolute atomic E-state index is 0.0374. The summed E-state index contributed by atoms with van der Waals surface area (Å²) < 4.78 is 5.74. The molecule has 3 unspecified atom stereocenters. The third-order valence-corrected chi connectivity index (χ3v) is 4.63. The number of ether oxygens (including phenoxy) is 1. The Balaban J connectivity index is 2.18. The van der Waals surface area contributed by atoms with Gasteiger partial charge in [-0.3, -0.25) is 0 Å². The molecule has 0 N–H and O–H groups in total. The average Bonchev–Trinajstić information content (AvgIpc) is 3.01. The number of halogens is 3. The van der Waals surface area contributed by atoms with E-state index in [1.807, 2.05) is 0 Å². The highest BCUT2D eigenvalue weighted by atomic mass is 79.9. The molecule has 0 aromatic heterocycles. The minimum Gasteiger partial charge on any atom is -0.375 e. The monoisotopic (exact) mass is 302 g/mol. The Morgan fingerprint density at radius 2 is 2.00 bits per heavy atom. The summed E-state index contributed by atoms with van der Waals surface area (Å²) in [7, 11) is 0. The zero-order valence-corrected chi connectivity index (χ0v) is 11.5. The first-order valence-electron chi connectivity index (χ1n) is 5.06. The third kappa shape index (κ3) is 4.26. The van der Waals surface area contributed by atoms with E-state index in [0.29, 0.717) is 17.7 Å². The van der Waals surface area contributed by atoms with E-state index in [1.54, 1.807) is 0 Å². The van der Waals surface area contributed by atoms with E-state index in [1.165, 1.54) is 12.8 Å². The molecule has 0 aromatic rings. The lowest BCUT2D eigenvalue weighted by Crippen LogP contribution is -2.29. The Morgan fingerprint density at radius 1 is 1.36 bits per heavy atom. The first-order chi connectivity index (χ1) is 6.69. The van der Waals surface area contributed by atoms with Crippen molar-refractivity contribution in [1.82, 2.24) is 0 Å². The quantitative estimate of drug-likeness (QED) is 0.652. The second-order valence-electron chi connectivity index (χ2n) is 4.01. The van der Waals surface area contributed by atoms with Crippen LogP contribution in [0.4, 0.5) is 0 Å². The van der Waals surface area contributed by atoms with Crippen LogP contribution in [0.2, 0.25) is 0 Å². The second kappa shape index (κ2) is 6.57. The molecule has 0 bridgehead atoms. The lowest BCUT2D eigenvalue weighted by molar-refractivity contribution is 0.0439. The van der Waals surface area contributed by atoms with Crippen LogP contribution in [0.1, 0.15) is 19.8 Å². The predicted octanol–water partition coefficient (Wildman–Crippen LogP) is 3.66. The fourth-order valence-corrected chi connectivity index (χ4v) is 2.48. The molecule has 1 rings (SSSR count). The van der Waals surface area contributed by atoms with Crippen LogP contribution in [-0.4, -0.2) is 29.3 Å². The van der Waals surface area contributed by atoms with E-state index in [-0.39, 0.29) is 10.9 Å². The third-order valence-electron chi connectivity index (χ3n) is 2.70. The summed E-state index contributed by atoms with van der Waals surface area (Å²) >= 11 is 15.0. The van der Waals surface area contributed by atoms with Gasteiger partial charge in [0.25, 0.3) is 0 Å². The van der Waals surface area contributed by atoms with E-state index in [4.69, 9.17) is 27.9 Å². The second-order valence-corrected chi connectivity index (χ2v) is 5.80. The Kier molecular flexibility index (Phi) is 6.14. The van der Waals surface area contributed by atoms with Gasteiger partial charge in [-0.15, -0.1) is 23.2 Å². The minimum atomic E-state index is 0.0374. The van der Waals surface area contributed by atoms with Gasteiger partial charge in [-0.05, 0) is 24.7 Å². The molecule has 0 saturated heterocycles. The largest absolute Gasteiger partial charge is 0.375 e. The number of rotatable bonds is 7. The van der Waals surface area contributed by atoms with Crippen molar-refractivity contribution < 1.29 is 4.74 Å². The van der Waals surface area contributed by atoms with Gasteiger partial charge in [-0.2, -0.15) is 0 Å². The molecule has 0 aromatic carbocycles. The van der Waals surface area contributed by atoms with E-state index < -0.39 is 0 Å². The van der Waals surface area contributed by atoms with Crippen LogP contribution in [0.3, 0.4) is 0 Å². The molecule has 0 spiro atoms. The molecule has 3 atom stereocenters. The Morgan fingerprint density at radius 3 is 2.43 bits per heavy atom. The highest BCUT2D eigenvalue weighted by molar-refractivity contribution is 9.09. The lowest BCUT2D eigenvalue weighted by Gasteiger charge is -2.21. The van der Waals surface area contributed by atoms with Crippen LogP contribution in [0, 0.1) is 11.8 Å². The van der Waals surface area contributed by atoms with Crippen LogP contribution < -0.4 is 0 Å². The van der Waals surface area contributed by atoms with Crippen molar-refractivity contribution in [2.75, 3.05) is 18.4 Å². The summed E-state index contributed by atoms with van der Waals surface area (Å²) in [5.74, 6) is 2.58. The summed E-state index contributed by atoms with van der Waals surface area (Å²) in [6.07, 6.45) is 2.77. The number of hydrogen-bond acceptors (Lipinski definition) is 1. The fraction of sp³-hybridized carbons (Fsp3) is 1.00. The Labute approximate surface area is 105 Å². The van der Waals surface area contributed by atoms with Crippen molar-refractivity contribution >= 4 is 39.1 Å². The van der Waals surface area contributed by atoms with Gasteiger partial charge in [0.1, 0.15) is 0 Å². The topological polar surface area (TPSA) is 9.23 Å². The summed E-state index contributed by atoms with van der Waals surface area (Å²) in [6, 6.07) is 0. The molecule has 1 saturated carbocycles. The van der Waals surface area contributed by atoms with E-state index in [0.717, 1.165) is 12.5 Å². The van der Waals surface area contributed by atoms with Crippen LogP contribution in [0.5, 0.6) is 0 Å². The summed E-state index contributed by atoms with van der Waals surface area (Å²) in [5.41, 5.74) is 0. The SMILES string of the molecule is CC(COC(CCl)C(Br)CCl)C1CC1. The average molecular weight is 304 g/mol. The molecule has 1 aliphatic rings. The van der Waals surface area contributed by atoms with Gasteiger partial charge in [0, 0.05) is 18.4 Å². The van der Waals surface area contributed by atoms with E-state index in [9.17, 15) is 0 Å². The zero-order chi connectivity index (χ0) is 10.6. The van der Waals surface area contributed by atoms with Crippen molar-refractivity contribution in [2.24, 2.45) is 11.8 Å². The molecule has 0 amide bonds. The standard InChI is InChI=1S/C10H17BrCl2O/c1-7(8-2-3-8)6-14-10(5-13)9(11)4-12/h7-10H,2-6H2,1H3. The van der Waals surface area contributed by atoms with Gasteiger partial charge in [0.15, 0.2) is 0 Å². The first-order valence-corrected chi connectivity index (χ1v) is 7.05. The molecular formula is C10H17BrCl2O. The maximum Gasteiger partial charge on any atom is 0.0846 e. The molecule has 84 valence electrons. The van der Waals surface area contributed by atoms with E-state index >= 15 is 0 Å². The van der Waals surface area contributed by atoms with Crippen LogP contribution in [0.25, 0.3) is 0 Å². The summed E-state index contributed by atoms with van der Waals surface area (Å²) in [5, 5.41) is 0. The molecule has 1 fully saturated rings. The molecule has 4 heteroatoms. The fourth-order valence-electron chi connectivity index (χ4n) is 1.42. The van der Waals surface area contributed by atoms with Crippen molar-refractivity contribution in [1.29, 1.82) is 0 Å². The number of hydrogen-bond donors (Lipinski definition) is 0. The molecule has 1 aliphatic carbocycles. The van der Waals surface area contributed by atoms with Gasteiger partial charge in [-0.25, -0.2) is 0 Å². The first kappa shape index (κ1) is 13.1. The molecule has 0 aliphatic heterocycles. The van der Waals surface area contributed by atoms with E-state index in [2.05, 4.69) is 22.9 Å². The maximum atomic E-state index is 5.81. The van der Waals surface area contributed by atoms with Crippen molar-refractivity contribution in [3.8, 4) is 0 Å². The molecular weight excluding hydrogens is 287 g/mol. The normalized spacial score (nSPS) is 23.1. The summed E-state index contributed by atoms with van der Waals surface area (Å²) in [6.45, 7) is 3.05. The van der Waals surface area contributed by atoms with Gasteiger partial charge < -0.3 is 4.74 Å². The van der Waals surface area contributed by atoms with Crippen LogP contribution >= 0.6 is 39.1 Å². The van der Waals surface area contributed by atoms with Crippen molar-refractivity contribution in [3.05, 3.63) is 0 Å². The highest BCUT2D eigenvalue weighted by Gasteiger charge is 2.29. The Hall–Kier alpha value is 1.02. The number of alkyl halides is 3. The van der Waals surface area contributed by atoms with Gasteiger partial charge in [0.05, 0.1) is 10.9 Å². The van der Waals surface area contributed by atoms with Crippen LogP contribution in [0.15, 0.2) is 0 Å². The van der Waals surface area contributed by atoms with Crippen molar-refractivity contribution in [2.45, 2.75) is 30.7 Å². The van der Waals surface area contributed by atoms with Crippen molar-refractivity contribution in [3.63, 3.8) is 0 Å². The smallest absolute Gasteiger partial charge is 0.0846 e. The lowest BCUT2D eigenvalue weighted by atomic mass is 10.1. The zero-order valence-electron chi connectivity index (χ0n) is 8.39. The predicted molar refractivity (Wildman–Crippen MR) is 65.8 cm³/mol. The van der Waals surface area contributed by atoms with Gasteiger partial charge >= 0.3 is 0 Å². The highest BCUT2D eigenvalue weighted by Crippen LogP contribution is 2.36. The van der Waals surface area contributed by atoms with Gasteiger partial charge in [-0.1, -0.05) is 22.9 Å².